The Morgan fingerprint density at radius 1 is 1.17 bits per heavy atom. The van der Waals surface area contributed by atoms with Crippen molar-refractivity contribution in [2.45, 2.75) is 53.0 Å². The average molecular weight is 313 g/mol. The number of rotatable bonds is 3. The highest BCUT2D eigenvalue weighted by atomic mass is 15.1. The van der Waals surface area contributed by atoms with Crippen LogP contribution in [0.2, 0.25) is 0 Å². The van der Waals surface area contributed by atoms with Crippen molar-refractivity contribution in [1.29, 1.82) is 0 Å². The fourth-order valence-corrected chi connectivity index (χ4v) is 3.63. The Kier molecular flexibility index (Phi) is 6.59. The van der Waals surface area contributed by atoms with Crippen molar-refractivity contribution in [3.05, 3.63) is 42.1 Å². The average Bonchev–Trinajstić information content (AvgIpc) is 2.59. The maximum Gasteiger partial charge on any atom is 0.0704 e. The van der Waals surface area contributed by atoms with E-state index in [-0.39, 0.29) is 0 Å². The number of pyridine rings is 1. The molecular weight excluding hydrogens is 280 g/mol. The smallest absolute Gasteiger partial charge is 0.0704 e. The van der Waals surface area contributed by atoms with Gasteiger partial charge in [0.15, 0.2) is 0 Å². The molecule has 2 atom stereocenters. The maximum absolute atomic E-state index is 4.48. The summed E-state index contributed by atoms with van der Waals surface area (Å²) in [6.45, 7) is 9.97. The van der Waals surface area contributed by atoms with Gasteiger partial charge in [-0.05, 0) is 62.4 Å². The first-order valence-corrected chi connectivity index (χ1v) is 9.18. The van der Waals surface area contributed by atoms with Crippen LogP contribution in [-0.4, -0.2) is 29.5 Å². The minimum Gasteiger partial charge on any atom is -0.303 e. The van der Waals surface area contributed by atoms with Crippen LogP contribution >= 0.6 is 0 Å². The summed E-state index contributed by atoms with van der Waals surface area (Å²) < 4.78 is 0. The van der Waals surface area contributed by atoms with E-state index in [0.717, 1.165) is 23.8 Å². The summed E-state index contributed by atoms with van der Waals surface area (Å²) >= 11 is 0. The number of hydrogen-bond donors (Lipinski definition) is 0. The third kappa shape index (κ3) is 4.32. The number of nitrogens with zero attached hydrogens (tertiary/aromatic N) is 2. The van der Waals surface area contributed by atoms with Crippen molar-refractivity contribution < 1.29 is 0 Å². The summed E-state index contributed by atoms with van der Waals surface area (Å²) in [5.41, 5.74) is 2.57. The minimum atomic E-state index is 0.664. The van der Waals surface area contributed by atoms with Gasteiger partial charge in [-0.3, -0.25) is 4.98 Å². The predicted octanol–water partition coefficient (Wildman–Crippen LogP) is 5.17. The van der Waals surface area contributed by atoms with Crippen LogP contribution in [0.25, 0.3) is 10.9 Å². The summed E-state index contributed by atoms with van der Waals surface area (Å²) in [7, 11) is 2.28. The van der Waals surface area contributed by atoms with Gasteiger partial charge in [-0.25, -0.2) is 0 Å². The van der Waals surface area contributed by atoms with Crippen molar-refractivity contribution in [2.24, 2.45) is 11.8 Å². The Morgan fingerprint density at radius 2 is 1.91 bits per heavy atom. The molecule has 3 rings (SSSR count). The Balaban J connectivity index is 0.000000924. The molecule has 0 amide bonds. The van der Waals surface area contributed by atoms with E-state index < -0.39 is 0 Å². The summed E-state index contributed by atoms with van der Waals surface area (Å²) in [5.74, 6) is 1.68. The van der Waals surface area contributed by atoms with Crippen molar-refractivity contribution in [2.75, 3.05) is 13.6 Å². The standard InChI is InChI=1S/C19H26N2.C2H6/c1-14(2)15-9-11-21(3)17(12-15)13-16-8-10-20-19-7-5-4-6-18(16)19;1-2/h4-8,10,14-15,17H,9,11-13H2,1-3H3;1-2H3/t15?,17-;/m1./s1. The van der Waals surface area contributed by atoms with E-state index in [9.17, 15) is 0 Å². The van der Waals surface area contributed by atoms with Crippen LogP contribution in [0, 0.1) is 11.8 Å². The Bertz CT molecular complexity index is 600. The van der Waals surface area contributed by atoms with Crippen LogP contribution in [0.3, 0.4) is 0 Å². The van der Waals surface area contributed by atoms with Gasteiger partial charge in [-0.15, -0.1) is 0 Å². The predicted molar refractivity (Wildman–Crippen MR) is 101 cm³/mol. The topological polar surface area (TPSA) is 16.1 Å². The molecule has 2 heterocycles. The zero-order chi connectivity index (χ0) is 16.8. The van der Waals surface area contributed by atoms with Gasteiger partial charge in [-0.2, -0.15) is 0 Å². The zero-order valence-electron chi connectivity index (χ0n) is 15.4. The van der Waals surface area contributed by atoms with E-state index >= 15 is 0 Å². The lowest BCUT2D eigenvalue weighted by Gasteiger charge is -2.39. The number of aromatic nitrogens is 1. The van der Waals surface area contributed by atoms with Crippen LogP contribution in [0.5, 0.6) is 0 Å². The molecule has 1 aromatic heterocycles. The van der Waals surface area contributed by atoms with Crippen LogP contribution < -0.4 is 0 Å². The van der Waals surface area contributed by atoms with E-state index in [0.29, 0.717) is 6.04 Å². The van der Waals surface area contributed by atoms with Crippen molar-refractivity contribution >= 4 is 10.9 Å². The fraction of sp³-hybridized carbons (Fsp3) is 0.571. The third-order valence-electron chi connectivity index (χ3n) is 5.19. The van der Waals surface area contributed by atoms with E-state index in [1.54, 1.807) is 0 Å². The number of hydrogen-bond acceptors (Lipinski definition) is 2. The van der Waals surface area contributed by atoms with Gasteiger partial charge in [0.2, 0.25) is 0 Å². The number of piperidine rings is 1. The Hall–Kier alpha value is -1.41. The third-order valence-corrected chi connectivity index (χ3v) is 5.19. The molecule has 0 aliphatic carbocycles. The lowest BCUT2D eigenvalue weighted by molar-refractivity contribution is 0.118. The number of fused-ring (bicyclic) bond motifs is 1. The second-order valence-electron chi connectivity index (χ2n) is 6.85. The normalized spacial score (nSPS) is 22.0. The number of likely N-dealkylation sites (tertiary alicyclic amines) is 1. The zero-order valence-corrected chi connectivity index (χ0v) is 15.4. The molecule has 1 aliphatic rings. The first-order chi connectivity index (χ1) is 11.1. The SMILES string of the molecule is CC.CC(C)C1CCN(C)[C@@H](Cc2ccnc3ccccc23)C1. The van der Waals surface area contributed by atoms with Crippen molar-refractivity contribution in [3.63, 3.8) is 0 Å². The van der Waals surface area contributed by atoms with Gasteiger partial charge in [0.05, 0.1) is 5.52 Å². The molecule has 126 valence electrons. The van der Waals surface area contributed by atoms with Crippen molar-refractivity contribution in [3.8, 4) is 0 Å². The molecule has 0 N–H and O–H groups in total. The van der Waals surface area contributed by atoms with Gasteiger partial charge >= 0.3 is 0 Å². The molecule has 0 radical (unpaired) electrons. The van der Waals surface area contributed by atoms with E-state index in [1.807, 2.05) is 20.0 Å². The highest BCUT2D eigenvalue weighted by Crippen LogP contribution is 2.30. The Labute approximate surface area is 141 Å². The maximum atomic E-state index is 4.48. The molecule has 2 aromatic rings. The molecule has 0 saturated carbocycles. The molecule has 2 nitrogen and oxygen atoms in total. The molecule has 1 fully saturated rings. The number of para-hydroxylation sites is 1. The van der Waals surface area contributed by atoms with Gasteiger partial charge in [0.1, 0.15) is 0 Å². The lowest BCUT2D eigenvalue weighted by Crippen LogP contribution is -2.42. The molecule has 1 aliphatic heterocycles. The largest absolute Gasteiger partial charge is 0.303 e. The number of likely N-dealkylation sites (N-methyl/N-ethyl adjacent to an activating group) is 1. The molecule has 1 aromatic carbocycles. The van der Waals surface area contributed by atoms with Gasteiger partial charge in [0.25, 0.3) is 0 Å². The molecule has 23 heavy (non-hydrogen) atoms. The highest BCUT2D eigenvalue weighted by Gasteiger charge is 2.28. The van der Waals surface area contributed by atoms with Gasteiger partial charge in [0, 0.05) is 17.6 Å². The monoisotopic (exact) mass is 312 g/mol. The van der Waals surface area contributed by atoms with E-state index in [2.05, 4.69) is 61.1 Å². The van der Waals surface area contributed by atoms with Crippen molar-refractivity contribution in [1.82, 2.24) is 9.88 Å². The lowest BCUT2D eigenvalue weighted by atomic mass is 9.81. The summed E-state index contributed by atoms with van der Waals surface area (Å²) in [5, 5.41) is 1.32. The van der Waals surface area contributed by atoms with Gasteiger partial charge in [-0.1, -0.05) is 45.9 Å². The van der Waals surface area contributed by atoms with E-state index in [1.165, 1.54) is 30.3 Å². The molecular formula is C21H32N2. The van der Waals surface area contributed by atoms with E-state index in [4.69, 9.17) is 0 Å². The molecule has 0 bridgehead atoms. The minimum absolute atomic E-state index is 0.664. The summed E-state index contributed by atoms with van der Waals surface area (Å²) in [4.78, 5) is 7.03. The van der Waals surface area contributed by atoms with Crippen LogP contribution in [-0.2, 0) is 6.42 Å². The first kappa shape index (κ1) is 17.9. The first-order valence-electron chi connectivity index (χ1n) is 9.18. The second kappa shape index (κ2) is 8.44. The molecule has 2 heteroatoms. The molecule has 1 saturated heterocycles. The Morgan fingerprint density at radius 3 is 2.65 bits per heavy atom. The fourth-order valence-electron chi connectivity index (χ4n) is 3.63. The molecule has 0 spiro atoms. The molecule has 1 unspecified atom stereocenters. The second-order valence-corrected chi connectivity index (χ2v) is 6.85. The van der Waals surface area contributed by atoms with Gasteiger partial charge < -0.3 is 4.90 Å². The number of benzene rings is 1. The quantitative estimate of drug-likeness (QED) is 0.777. The summed E-state index contributed by atoms with van der Waals surface area (Å²) in [6.07, 6.45) is 5.77. The van der Waals surface area contributed by atoms with Crippen LogP contribution in [0.15, 0.2) is 36.5 Å². The van der Waals surface area contributed by atoms with Crippen LogP contribution in [0.4, 0.5) is 0 Å². The highest BCUT2D eigenvalue weighted by molar-refractivity contribution is 5.81. The van der Waals surface area contributed by atoms with Crippen LogP contribution in [0.1, 0.15) is 46.1 Å². The summed E-state index contributed by atoms with van der Waals surface area (Å²) in [6, 6.07) is 11.4.